The Kier molecular flexibility index (Phi) is 2.03. The van der Waals surface area contributed by atoms with Crippen LogP contribution in [0.4, 0.5) is 5.13 Å². The van der Waals surface area contributed by atoms with Crippen molar-refractivity contribution >= 4 is 22.4 Å². The first-order valence-electron chi connectivity index (χ1n) is 3.97. The molecule has 1 aromatic rings. The van der Waals surface area contributed by atoms with E-state index in [1.807, 2.05) is 5.38 Å². The maximum Gasteiger partial charge on any atom is 0.230 e. The summed E-state index contributed by atoms with van der Waals surface area (Å²) < 4.78 is 0. The highest BCUT2D eigenvalue weighted by Gasteiger charge is 2.30. The molecule has 0 N–H and O–H groups in total. The number of carbonyl (C=O) groups excluding carboxylic acids is 1. The summed E-state index contributed by atoms with van der Waals surface area (Å²) in [5, 5.41) is 2.61. The maximum absolute atomic E-state index is 11.4. The Hall–Kier alpha value is -1.34. The first kappa shape index (κ1) is 8.27. The zero-order chi connectivity index (χ0) is 9.26. The van der Waals surface area contributed by atoms with E-state index < -0.39 is 0 Å². The van der Waals surface area contributed by atoms with Gasteiger partial charge in [0.2, 0.25) is 5.91 Å². The summed E-state index contributed by atoms with van der Waals surface area (Å²) in [7, 11) is 0. The van der Waals surface area contributed by atoms with Crippen LogP contribution in [0.5, 0.6) is 0 Å². The van der Waals surface area contributed by atoms with Gasteiger partial charge in [-0.1, -0.05) is 0 Å². The number of rotatable bonds is 1. The van der Waals surface area contributed by atoms with E-state index in [0.29, 0.717) is 13.0 Å². The van der Waals surface area contributed by atoms with Crippen molar-refractivity contribution < 1.29 is 4.79 Å². The molecule has 1 unspecified atom stereocenters. The van der Waals surface area contributed by atoms with Gasteiger partial charge in [-0.05, 0) is 0 Å². The van der Waals surface area contributed by atoms with E-state index in [1.54, 1.807) is 11.1 Å². The third-order valence-corrected chi connectivity index (χ3v) is 2.81. The fourth-order valence-corrected chi connectivity index (χ4v) is 2.02. The number of anilines is 1. The molecule has 2 rings (SSSR count). The summed E-state index contributed by atoms with van der Waals surface area (Å²) in [6.45, 7) is 0.614. The molecular weight excluding hydrogens is 184 g/mol. The van der Waals surface area contributed by atoms with Gasteiger partial charge in [0, 0.05) is 30.5 Å². The van der Waals surface area contributed by atoms with Crippen molar-refractivity contribution in [3.8, 4) is 12.3 Å². The average molecular weight is 192 g/mol. The van der Waals surface area contributed by atoms with Crippen molar-refractivity contribution in [2.75, 3.05) is 11.4 Å². The molecule has 4 heteroatoms. The smallest absolute Gasteiger partial charge is 0.230 e. The average Bonchev–Trinajstić information content (AvgIpc) is 2.72. The van der Waals surface area contributed by atoms with Crippen LogP contribution in [0.1, 0.15) is 6.42 Å². The molecule has 0 aliphatic carbocycles. The van der Waals surface area contributed by atoms with Crippen LogP contribution < -0.4 is 4.90 Å². The molecule has 2 heterocycles. The Morgan fingerprint density at radius 2 is 2.62 bits per heavy atom. The van der Waals surface area contributed by atoms with Crippen LogP contribution in [0.2, 0.25) is 0 Å². The molecule has 0 radical (unpaired) electrons. The van der Waals surface area contributed by atoms with Crippen LogP contribution in [0.3, 0.4) is 0 Å². The first-order chi connectivity index (χ1) is 6.31. The van der Waals surface area contributed by atoms with Gasteiger partial charge < -0.3 is 0 Å². The minimum atomic E-state index is 0.0522. The van der Waals surface area contributed by atoms with Gasteiger partial charge in [-0.2, -0.15) is 0 Å². The zero-order valence-corrected chi connectivity index (χ0v) is 7.75. The molecule has 13 heavy (non-hydrogen) atoms. The number of carbonyl (C=O) groups is 1. The third-order valence-electron chi connectivity index (χ3n) is 2.01. The first-order valence-corrected chi connectivity index (χ1v) is 4.85. The van der Waals surface area contributed by atoms with Gasteiger partial charge >= 0.3 is 0 Å². The largest absolute Gasteiger partial charge is 0.287 e. The second-order valence-electron chi connectivity index (χ2n) is 2.89. The van der Waals surface area contributed by atoms with Gasteiger partial charge in [0.1, 0.15) is 0 Å². The monoisotopic (exact) mass is 192 g/mol. The number of hydrogen-bond donors (Lipinski definition) is 0. The summed E-state index contributed by atoms with van der Waals surface area (Å²) in [6, 6.07) is 0. The zero-order valence-electron chi connectivity index (χ0n) is 6.93. The van der Waals surface area contributed by atoms with Crippen LogP contribution in [-0.4, -0.2) is 17.4 Å². The molecule has 0 spiro atoms. The molecule has 1 aliphatic heterocycles. The lowest BCUT2D eigenvalue weighted by Gasteiger charge is -2.10. The summed E-state index contributed by atoms with van der Waals surface area (Å²) in [5.74, 6) is 2.73. The fourth-order valence-electron chi connectivity index (χ4n) is 1.35. The van der Waals surface area contributed by atoms with Crippen LogP contribution in [0.25, 0.3) is 0 Å². The lowest BCUT2D eigenvalue weighted by molar-refractivity contribution is -0.117. The molecule has 1 fully saturated rings. The van der Waals surface area contributed by atoms with E-state index in [4.69, 9.17) is 6.42 Å². The number of aromatic nitrogens is 1. The molecule has 1 amide bonds. The van der Waals surface area contributed by atoms with Crippen LogP contribution >= 0.6 is 11.3 Å². The van der Waals surface area contributed by atoms with Crippen molar-refractivity contribution in [1.82, 2.24) is 4.98 Å². The Morgan fingerprint density at radius 3 is 3.15 bits per heavy atom. The second kappa shape index (κ2) is 3.19. The van der Waals surface area contributed by atoms with Gasteiger partial charge in [0.15, 0.2) is 5.13 Å². The normalized spacial score (nSPS) is 21.9. The van der Waals surface area contributed by atoms with E-state index in [-0.39, 0.29) is 11.8 Å². The Bertz CT molecular complexity index is 352. The Morgan fingerprint density at radius 1 is 1.77 bits per heavy atom. The van der Waals surface area contributed by atoms with Gasteiger partial charge in [-0.25, -0.2) is 4.98 Å². The number of hydrogen-bond acceptors (Lipinski definition) is 3. The number of terminal acetylenes is 1. The highest BCUT2D eigenvalue weighted by Crippen LogP contribution is 2.25. The molecule has 1 aromatic heterocycles. The van der Waals surface area contributed by atoms with E-state index in [1.165, 1.54) is 11.3 Å². The fraction of sp³-hybridized carbons (Fsp3) is 0.333. The molecule has 1 atom stereocenters. The van der Waals surface area contributed by atoms with Crippen LogP contribution in [-0.2, 0) is 4.79 Å². The molecule has 1 saturated heterocycles. The second-order valence-corrected chi connectivity index (χ2v) is 3.76. The standard InChI is InChI=1S/C9H8N2OS/c1-2-7-5-8(12)11(6-7)9-10-3-4-13-9/h1,3-4,7H,5-6H2. The topological polar surface area (TPSA) is 33.2 Å². The molecule has 66 valence electrons. The van der Waals surface area contributed by atoms with Crippen molar-refractivity contribution in [2.45, 2.75) is 6.42 Å². The maximum atomic E-state index is 11.4. The van der Waals surface area contributed by atoms with Crippen LogP contribution in [0, 0.1) is 18.3 Å². The number of thiazole rings is 1. The lowest BCUT2D eigenvalue weighted by Crippen LogP contribution is -2.23. The Labute approximate surface area is 80.4 Å². The molecule has 0 aromatic carbocycles. The summed E-state index contributed by atoms with van der Waals surface area (Å²) in [4.78, 5) is 17.2. The minimum Gasteiger partial charge on any atom is -0.287 e. The Balaban J connectivity index is 2.19. The summed E-state index contributed by atoms with van der Waals surface area (Å²) >= 11 is 1.46. The molecule has 0 saturated carbocycles. The van der Waals surface area contributed by atoms with Gasteiger partial charge in [-0.15, -0.1) is 23.7 Å². The molecule has 0 bridgehead atoms. The van der Waals surface area contributed by atoms with Crippen molar-refractivity contribution in [3.05, 3.63) is 11.6 Å². The van der Waals surface area contributed by atoms with Crippen molar-refractivity contribution in [2.24, 2.45) is 5.92 Å². The van der Waals surface area contributed by atoms with Gasteiger partial charge in [0.25, 0.3) is 0 Å². The minimum absolute atomic E-state index is 0.0522. The number of amides is 1. The predicted octanol–water partition coefficient (Wildman–Crippen LogP) is 1.13. The molecule has 1 aliphatic rings. The molecular formula is C9H8N2OS. The quantitative estimate of drug-likeness (QED) is 0.625. The van der Waals surface area contributed by atoms with Crippen LogP contribution in [0.15, 0.2) is 11.6 Å². The lowest BCUT2D eigenvalue weighted by atomic mass is 10.1. The highest BCUT2D eigenvalue weighted by atomic mass is 32.1. The van der Waals surface area contributed by atoms with Gasteiger partial charge in [-0.3, -0.25) is 9.69 Å². The van der Waals surface area contributed by atoms with Crippen molar-refractivity contribution in [1.29, 1.82) is 0 Å². The van der Waals surface area contributed by atoms with E-state index in [2.05, 4.69) is 10.9 Å². The van der Waals surface area contributed by atoms with Crippen molar-refractivity contribution in [3.63, 3.8) is 0 Å². The van der Waals surface area contributed by atoms with Gasteiger partial charge in [0.05, 0.1) is 0 Å². The third kappa shape index (κ3) is 1.43. The van der Waals surface area contributed by atoms with E-state index in [0.717, 1.165) is 5.13 Å². The molecule has 3 nitrogen and oxygen atoms in total. The summed E-state index contributed by atoms with van der Waals surface area (Å²) in [5.41, 5.74) is 0. The van der Waals surface area contributed by atoms with E-state index in [9.17, 15) is 4.79 Å². The number of nitrogens with zero attached hydrogens (tertiary/aromatic N) is 2. The SMILES string of the molecule is C#CC1CC(=O)N(c2nccs2)C1. The van der Waals surface area contributed by atoms with E-state index >= 15 is 0 Å². The highest BCUT2D eigenvalue weighted by molar-refractivity contribution is 7.13. The predicted molar refractivity (Wildman–Crippen MR) is 51.4 cm³/mol. The summed E-state index contributed by atoms with van der Waals surface area (Å²) in [6.07, 6.45) is 7.41.